The number of nitrogens with zero attached hydrogens (tertiary/aromatic N) is 2. The zero-order chi connectivity index (χ0) is 19.2. The van der Waals surface area contributed by atoms with Crippen LogP contribution in [0.3, 0.4) is 0 Å². The average Bonchev–Trinajstić information content (AvgIpc) is 2.71. The molecule has 0 unspecified atom stereocenters. The molecule has 0 fully saturated rings. The van der Waals surface area contributed by atoms with Crippen molar-refractivity contribution in [3.8, 4) is 6.07 Å². The van der Waals surface area contributed by atoms with Crippen molar-refractivity contribution in [3.05, 3.63) is 16.0 Å². The maximum absolute atomic E-state index is 12.7. The predicted octanol–water partition coefficient (Wildman–Crippen LogP) is 3.34. The second-order valence-electron chi connectivity index (χ2n) is 6.25. The molecule has 1 N–H and O–H groups in total. The number of hydrogen-bond acceptors (Lipinski definition) is 5. The van der Waals surface area contributed by atoms with Gasteiger partial charge in [0.15, 0.2) is 0 Å². The quantitative estimate of drug-likeness (QED) is 0.727. The molecule has 0 aromatic carbocycles. The summed E-state index contributed by atoms with van der Waals surface area (Å²) in [5.41, 5.74) is 1.44. The lowest BCUT2D eigenvalue weighted by molar-refractivity contribution is -0.149. The molecule has 0 atom stereocenters. The minimum Gasteiger partial charge on any atom is -0.383 e. The van der Waals surface area contributed by atoms with Gasteiger partial charge in [-0.2, -0.15) is 18.4 Å². The van der Waals surface area contributed by atoms with E-state index in [0.717, 1.165) is 47.4 Å². The summed E-state index contributed by atoms with van der Waals surface area (Å²) in [5.74, 6) is -0.557. The Morgan fingerprint density at radius 3 is 2.73 bits per heavy atom. The number of fused-ring (bicyclic) bond motifs is 1. The van der Waals surface area contributed by atoms with Crippen LogP contribution in [-0.2, 0) is 22.4 Å². The van der Waals surface area contributed by atoms with Gasteiger partial charge >= 0.3 is 6.18 Å². The van der Waals surface area contributed by atoms with Gasteiger partial charge in [-0.15, -0.1) is 11.3 Å². The Morgan fingerprint density at radius 2 is 2.08 bits per heavy atom. The van der Waals surface area contributed by atoms with Crippen LogP contribution in [0.5, 0.6) is 0 Å². The summed E-state index contributed by atoms with van der Waals surface area (Å²) in [6.45, 7) is -1.50. The van der Waals surface area contributed by atoms with Gasteiger partial charge in [0.25, 0.3) is 0 Å². The van der Waals surface area contributed by atoms with E-state index in [1.165, 1.54) is 18.4 Å². The number of carbonyl (C=O) groups excluding carboxylic acids is 1. The SMILES string of the molecule is COCCN(CC(=O)Nc1sc2c(c1C#N)CCCCC2)CC(F)(F)F. The van der Waals surface area contributed by atoms with Gasteiger partial charge in [0.2, 0.25) is 5.91 Å². The van der Waals surface area contributed by atoms with Crippen LogP contribution in [0, 0.1) is 11.3 Å². The van der Waals surface area contributed by atoms with Crippen molar-refractivity contribution >= 4 is 22.2 Å². The van der Waals surface area contributed by atoms with E-state index < -0.39 is 25.2 Å². The van der Waals surface area contributed by atoms with Crippen LogP contribution in [0.2, 0.25) is 0 Å². The smallest absolute Gasteiger partial charge is 0.383 e. The van der Waals surface area contributed by atoms with Crippen molar-refractivity contribution in [2.45, 2.75) is 38.3 Å². The van der Waals surface area contributed by atoms with Gasteiger partial charge in [-0.05, 0) is 31.2 Å². The lowest BCUT2D eigenvalue weighted by atomic mass is 10.1. The highest BCUT2D eigenvalue weighted by molar-refractivity contribution is 7.16. The average molecular weight is 389 g/mol. The molecule has 1 aliphatic rings. The molecular formula is C17H22F3N3O2S. The second kappa shape index (κ2) is 9.35. The lowest BCUT2D eigenvalue weighted by Crippen LogP contribution is -2.41. The van der Waals surface area contributed by atoms with Crippen molar-refractivity contribution in [2.24, 2.45) is 0 Å². The molecule has 0 saturated heterocycles. The number of amides is 1. The standard InChI is InChI=1S/C17H22F3N3O2S/c1-25-8-7-23(11-17(18,19)20)10-15(24)22-16-13(9-21)12-5-3-2-4-6-14(12)26-16/h2-8,10-11H2,1H3,(H,22,24). The Hall–Kier alpha value is -1.63. The zero-order valence-electron chi connectivity index (χ0n) is 14.6. The number of nitriles is 1. The monoisotopic (exact) mass is 389 g/mol. The third-order valence-corrected chi connectivity index (χ3v) is 5.38. The summed E-state index contributed by atoms with van der Waals surface area (Å²) >= 11 is 1.37. The van der Waals surface area contributed by atoms with E-state index in [-0.39, 0.29) is 13.2 Å². The van der Waals surface area contributed by atoms with Gasteiger partial charge < -0.3 is 10.1 Å². The fourth-order valence-corrected chi connectivity index (χ4v) is 4.26. The van der Waals surface area contributed by atoms with E-state index in [4.69, 9.17) is 4.74 Å². The van der Waals surface area contributed by atoms with E-state index in [2.05, 4.69) is 11.4 Å². The van der Waals surface area contributed by atoms with E-state index >= 15 is 0 Å². The fourth-order valence-electron chi connectivity index (χ4n) is 3.01. The van der Waals surface area contributed by atoms with E-state index in [1.807, 2.05) is 0 Å². The first-order valence-electron chi connectivity index (χ1n) is 8.46. The zero-order valence-corrected chi connectivity index (χ0v) is 15.4. The van der Waals surface area contributed by atoms with Crippen molar-refractivity contribution in [1.29, 1.82) is 5.26 Å². The molecule has 1 aromatic heterocycles. The van der Waals surface area contributed by atoms with Gasteiger partial charge in [-0.1, -0.05) is 6.42 Å². The Morgan fingerprint density at radius 1 is 1.35 bits per heavy atom. The predicted molar refractivity (Wildman–Crippen MR) is 93.3 cm³/mol. The molecule has 26 heavy (non-hydrogen) atoms. The fraction of sp³-hybridized carbons (Fsp3) is 0.647. The van der Waals surface area contributed by atoms with E-state index in [0.29, 0.717) is 10.6 Å². The van der Waals surface area contributed by atoms with Crippen molar-refractivity contribution < 1.29 is 22.7 Å². The Bertz CT molecular complexity index is 667. The summed E-state index contributed by atoms with van der Waals surface area (Å²) in [7, 11) is 1.39. The molecule has 5 nitrogen and oxygen atoms in total. The number of thiophene rings is 1. The number of anilines is 1. The number of halogens is 3. The minimum atomic E-state index is -4.40. The summed E-state index contributed by atoms with van der Waals surface area (Å²) in [4.78, 5) is 14.3. The lowest BCUT2D eigenvalue weighted by Gasteiger charge is -2.22. The van der Waals surface area contributed by atoms with E-state index in [1.54, 1.807) is 0 Å². The number of methoxy groups -OCH3 is 1. The maximum Gasteiger partial charge on any atom is 0.401 e. The minimum absolute atomic E-state index is 0.00449. The third-order valence-electron chi connectivity index (χ3n) is 4.17. The van der Waals surface area contributed by atoms with Gasteiger partial charge in [0.05, 0.1) is 25.3 Å². The number of aryl methyl sites for hydroxylation is 1. The largest absolute Gasteiger partial charge is 0.401 e. The van der Waals surface area contributed by atoms with Crippen LogP contribution in [0.1, 0.15) is 35.3 Å². The van der Waals surface area contributed by atoms with Crippen molar-refractivity contribution in [1.82, 2.24) is 4.90 Å². The van der Waals surface area contributed by atoms with Crippen LogP contribution >= 0.6 is 11.3 Å². The first-order chi connectivity index (χ1) is 12.3. The molecular weight excluding hydrogens is 367 g/mol. The molecule has 1 amide bonds. The third kappa shape index (κ3) is 5.97. The second-order valence-corrected chi connectivity index (χ2v) is 7.35. The number of ether oxygens (including phenoxy) is 1. The molecule has 0 aliphatic heterocycles. The topological polar surface area (TPSA) is 65.4 Å². The van der Waals surface area contributed by atoms with Crippen LogP contribution in [0.15, 0.2) is 0 Å². The maximum atomic E-state index is 12.7. The molecule has 2 rings (SSSR count). The molecule has 1 heterocycles. The van der Waals surface area contributed by atoms with Gasteiger partial charge in [-0.25, -0.2) is 0 Å². The summed E-state index contributed by atoms with van der Waals surface area (Å²) in [6, 6.07) is 2.14. The number of rotatable bonds is 7. The van der Waals surface area contributed by atoms with Crippen molar-refractivity contribution in [3.63, 3.8) is 0 Å². The molecule has 1 aromatic rings. The van der Waals surface area contributed by atoms with Crippen LogP contribution in [0.25, 0.3) is 0 Å². The highest BCUT2D eigenvalue weighted by Gasteiger charge is 2.31. The number of alkyl halides is 3. The normalized spacial score (nSPS) is 14.6. The molecule has 0 spiro atoms. The number of hydrogen-bond donors (Lipinski definition) is 1. The number of nitrogens with one attached hydrogen (secondary N) is 1. The molecule has 0 saturated carbocycles. The van der Waals surface area contributed by atoms with Crippen molar-refractivity contribution in [2.75, 3.05) is 38.7 Å². The molecule has 9 heteroatoms. The van der Waals surface area contributed by atoms with Gasteiger partial charge in [0, 0.05) is 18.5 Å². The molecule has 0 radical (unpaired) electrons. The van der Waals surface area contributed by atoms with Gasteiger partial charge in [0.1, 0.15) is 11.1 Å². The number of carbonyl (C=O) groups is 1. The Kier molecular flexibility index (Phi) is 7.43. The Balaban J connectivity index is 2.07. The highest BCUT2D eigenvalue weighted by Crippen LogP contribution is 2.36. The summed E-state index contributed by atoms with van der Waals surface area (Å²) in [5, 5.41) is 12.5. The van der Waals surface area contributed by atoms with Gasteiger partial charge in [-0.3, -0.25) is 9.69 Å². The first kappa shape index (κ1) is 20.7. The van der Waals surface area contributed by atoms with Crippen LogP contribution < -0.4 is 5.32 Å². The van der Waals surface area contributed by atoms with Crippen LogP contribution in [-0.4, -0.2) is 50.3 Å². The highest BCUT2D eigenvalue weighted by atomic mass is 32.1. The summed E-state index contributed by atoms with van der Waals surface area (Å²) < 4.78 is 42.8. The summed E-state index contributed by atoms with van der Waals surface area (Å²) in [6.07, 6.45) is 0.438. The molecule has 1 aliphatic carbocycles. The molecule has 0 bridgehead atoms. The van der Waals surface area contributed by atoms with E-state index in [9.17, 15) is 23.2 Å². The van der Waals surface area contributed by atoms with Crippen LogP contribution in [0.4, 0.5) is 18.2 Å². The first-order valence-corrected chi connectivity index (χ1v) is 9.28. The molecule has 144 valence electrons. The Labute approximate surface area is 154 Å².